The number of nitrogens with zero attached hydrogens (tertiary/aromatic N) is 2. The molecule has 9 heteroatoms. The van der Waals surface area contributed by atoms with E-state index in [1.54, 1.807) is 4.57 Å². The number of carbonyl (C=O) groups is 1. The summed E-state index contributed by atoms with van der Waals surface area (Å²) < 4.78 is 12.9. The fraction of sp³-hybridized carbons (Fsp3) is 0.480. The Morgan fingerprint density at radius 1 is 1.18 bits per heavy atom. The van der Waals surface area contributed by atoms with Gasteiger partial charge in [0.15, 0.2) is 16.7 Å². The van der Waals surface area contributed by atoms with E-state index in [2.05, 4.69) is 29.1 Å². The van der Waals surface area contributed by atoms with Crippen molar-refractivity contribution < 1.29 is 14.3 Å². The number of ether oxygens (including phenoxy) is 2. The maximum Gasteiger partial charge on any atom is 0.278 e. The highest BCUT2D eigenvalue weighted by molar-refractivity contribution is 7.99. The SMILES string of the molecule is CCOc1ccc(CCNC(=O)CSc2nc3cc(C)[nH]c3c(=O)n2CC(C)C)cc1OCC. The number of amides is 1. The Kier molecular flexibility index (Phi) is 9.04. The fourth-order valence-corrected chi connectivity index (χ4v) is 4.46. The molecule has 1 aromatic carbocycles. The normalized spacial score (nSPS) is 11.2. The molecule has 0 saturated heterocycles. The maximum atomic E-state index is 13.0. The number of fused-ring (bicyclic) bond motifs is 1. The van der Waals surface area contributed by atoms with Gasteiger partial charge in [-0.25, -0.2) is 4.98 Å². The maximum absolute atomic E-state index is 13.0. The third-order valence-corrected chi connectivity index (χ3v) is 6.04. The first-order chi connectivity index (χ1) is 16.3. The second kappa shape index (κ2) is 12.0. The van der Waals surface area contributed by atoms with E-state index in [0.29, 0.717) is 54.7 Å². The summed E-state index contributed by atoms with van der Waals surface area (Å²) >= 11 is 1.29. The predicted molar refractivity (Wildman–Crippen MR) is 136 cm³/mol. The Balaban J connectivity index is 1.61. The summed E-state index contributed by atoms with van der Waals surface area (Å²) in [6, 6.07) is 7.70. The van der Waals surface area contributed by atoms with E-state index in [-0.39, 0.29) is 23.1 Å². The van der Waals surface area contributed by atoms with Gasteiger partial charge in [-0.05, 0) is 56.9 Å². The lowest BCUT2D eigenvalue weighted by atomic mass is 10.1. The molecule has 8 nitrogen and oxygen atoms in total. The number of carbonyl (C=O) groups excluding carboxylic acids is 1. The van der Waals surface area contributed by atoms with Crippen LogP contribution in [0.4, 0.5) is 0 Å². The molecule has 0 aliphatic heterocycles. The molecule has 3 rings (SSSR count). The highest BCUT2D eigenvalue weighted by atomic mass is 32.2. The van der Waals surface area contributed by atoms with Gasteiger partial charge in [-0.2, -0.15) is 0 Å². The topological polar surface area (TPSA) is 98.2 Å². The first-order valence-electron chi connectivity index (χ1n) is 11.7. The van der Waals surface area contributed by atoms with E-state index >= 15 is 0 Å². The van der Waals surface area contributed by atoms with Crippen molar-refractivity contribution in [3.8, 4) is 11.5 Å². The summed E-state index contributed by atoms with van der Waals surface area (Å²) in [6.07, 6.45) is 0.674. The standard InChI is InChI=1S/C25H34N4O4S/c1-6-32-20-9-8-18(13-21(20)33-7-2)10-11-26-22(30)15-34-25-28-19-12-17(5)27-23(19)24(31)29(25)14-16(3)4/h8-9,12-13,16,27H,6-7,10-11,14-15H2,1-5H3,(H,26,30). The number of aromatic nitrogens is 3. The van der Waals surface area contributed by atoms with Crippen molar-refractivity contribution in [2.75, 3.05) is 25.5 Å². The molecule has 0 aliphatic rings. The molecule has 2 N–H and O–H groups in total. The molecular weight excluding hydrogens is 452 g/mol. The van der Waals surface area contributed by atoms with Crippen molar-refractivity contribution in [2.24, 2.45) is 5.92 Å². The third kappa shape index (κ3) is 6.56. The molecule has 0 unspecified atom stereocenters. The number of aromatic amines is 1. The molecule has 0 aliphatic carbocycles. The first kappa shape index (κ1) is 25.7. The quantitative estimate of drug-likeness (QED) is 0.297. The second-order valence-electron chi connectivity index (χ2n) is 8.45. The Morgan fingerprint density at radius 2 is 1.91 bits per heavy atom. The lowest BCUT2D eigenvalue weighted by molar-refractivity contribution is -0.118. The van der Waals surface area contributed by atoms with E-state index in [1.165, 1.54) is 11.8 Å². The number of H-pyrrole nitrogens is 1. The minimum absolute atomic E-state index is 0.100. The van der Waals surface area contributed by atoms with Crippen LogP contribution in [0.5, 0.6) is 11.5 Å². The molecule has 34 heavy (non-hydrogen) atoms. The van der Waals surface area contributed by atoms with Crippen molar-refractivity contribution >= 4 is 28.7 Å². The molecule has 2 heterocycles. The summed E-state index contributed by atoms with van der Waals surface area (Å²) in [7, 11) is 0. The van der Waals surface area contributed by atoms with Crippen LogP contribution in [0, 0.1) is 12.8 Å². The van der Waals surface area contributed by atoms with Gasteiger partial charge in [-0.15, -0.1) is 0 Å². The van der Waals surface area contributed by atoms with Crippen LogP contribution in [-0.4, -0.2) is 46.0 Å². The van der Waals surface area contributed by atoms with Crippen molar-refractivity contribution in [3.63, 3.8) is 0 Å². The van der Waals surface area contributed by atoms with Gasteiger partial charge in [0.2, 0.25) is 5.91 Å². The van der Waals surface area contributed by atoms with Crippen LogP contribution in [0.2, 0.25) is 0 Å². The summed E-state index contributed by atoms with van der Waals surface area (Å²) in [4.78, 5) is 33.2. The zero-order valence-corrected chi connectivity index (χ0v) is 21.4. The van der Waals surface area contributed by atoms with Crippen molar-refractivity contribution in [3.05, 3.63) is 45.9 Å². The lowest BCUT2D eigenvalue weighted by Gasteiger charge is -2.14. The fourth-order valence-electron chi connectivity index (χ4n) is 3.63. The Labute approximate surface area is 204 Å². The third-order valence-electron chi connectivity index (χ3n) is 5.06. The van der Waals surface area contributed by atoms with E-state index in [1.807, 2.05) is 45.0 Å². The largest absolute Gasteiger partial charge is 0.490 e. The number of hydrogen-bond acceptors (Lipinski definition) is 6. The van der Waals surface area contributed by atoms with Crippen LogP contribution >= 0.6 is 11.8 Å². The highest BCUT2D eigenvalue weighted by Crippen LogP contribution is 2.28. The van der Waals surface area contributed by atoms with Gasteiger partial charge in [0.1, 0.15) is 5.52 Å². The summed E-state index contributed by atoms with van der Waals surface area (Å²) in [6.45, 7) is 12.0. The van der Waals surface area contributed by atoms with Gasteiger partial charge in [0, 0.05) is 18.8 Å². The van der Waals surface area contributed by atoms with Crippen LogP contribution < -0.4 is 20.3 Å². The molecule has 0 bridgehead atoms. The van der Waals surface area contributed by atoms with Crippen molar-refractivity contribution in [2.45, 2.75) is 52.7 Å². The van der Waals surface area contributed by atoms with Gasteiger partial charge in [0.05, 0.1) is 24.5 Å². The Hall–Kier alpha value is -2.94. The molecule has 0 atom stereocenters. The molecule has 184 valence electrons. The van der Waals surface area contributed by atoms with Crippen LogP contribution in [0.15, 0.2) is 34.2 Å². The predicted octanol–water partition coefficient (Wildman–Crippen LogP) is 3.94. The second-order valence-corrected chi connectivity index (χ2v) is 9.39. The number of thioether (sulfide) groups is 1. The number of nitrogens with one attached hydrogen (secondary N) is 2. The number of benzene rings is 1. The number of rotatable bonds is 12. The average Bonchev–Trinajstić information content (AvgIpc) is 3.17. The Morgan fingerprint density at radius 3 is 2.62 bits per heavy atom. The summed E-state index contributed by atoms with van der Waals surface area (Å²) in [5, 5.41) is 3.52. The molecule has 0 saturated carbocycles. The van der Waals surface area contributed by atoms with E-state index in [0.717, 1.165) is 17.0 Å². The van der Waals surface area contributed by atoms with E-state index in [9.17, 15) is 9.59 Å². The number of hydrogen-bond donors (Lipinski definition) is 2. The molecule has 2 aromatic heterocycles. The minimum atomic E-state index is -0.102. The van der Waals surface area contributed by atoms with Crippen LogP contribution in [0.3, 0.4) is 0 Å². The summed E-state index contributed by atoms with van der Waals surface area (Å²) in [5.41, 5.74) is 2.98. The monoisotopic (exact) mass is 486 g/mol. The van der Waals surface area contributed by atoms with E-state index in [4.69, 9.17) is 9.47 Å². The zero-order chi connectivity index (χ0) is 24.7. The van der Waals surface area contributed by atoms with Crippen LogP contribution in [-0.2, 0) is 17.8 Å². The molecule has 0 radical (unpaired) electrons. The van der Waals surface area contributed by atoms with Crippen molar-refractivity contribution in [1.82, 2.24) is 19.9 Å². The van der Waals surface area contributed by atoms with E-state index < -0.39 is 0 Å². The molecule has 0 spiro atoms. The van der Waals surface area contributed by atoms with Gasteiger partial charge in [-0.1, -0.05) is 31.7 Å². The van der Waals surface area contributed by atoms with Crippen LogP contribution in [0.25, 0.3) is 11.0 Å². The van der Waals surface area contributed by atoms with Gasteiger partial charge >= 0.3 is 0 Å². The molecule has 1 amide bonds. The first-order valence-corrected chi connectivity index (χ1v) is 12.7. The summed E-state index contributed by atoms with van der Waals surface area (Å²) in [5.74, 6) is 1.80. The van der Waals surface area contributed by atoms with Gasteiger partial charge in [0.25, 0.3) is 5.56 Å². The molecule has 3 aromatic rings. The lowest BCUT2D eigenvalue weighted by Crippen LogP contribution is -2.29. The highest BCUT2D eigenvalue weighted by Gasteiger charge is 2.16. The van der Waals surface area contributed by atoms with Crippen LogP contribution in [0.1, 0.15) is 39.0 Å². The Bertz CT molecular complexity index is 1190. The minimum Gasteiger partial charge on any atom is -0.490 e. The van der Waals surface area contributed by atoms with Crippen molar-refractivity contribution in [1.29, 1.82) is 0 Å². The molecule has 0 fully saturated rings. The smallest absolute Gasteiger partial charge is 0.278 e. The van der Waals surface area contributed by atoms with Gasteiger partial charge < -0.3 is 19.8 Å². The van der Waals surface area contributed by atoms with Gasteiger partial charge in [-0.3, -0.25) is 14.2 Å². The zero-order valence-electron chi connectivity index (χ0n) is 20.6. The molecular formula is C25H34N4O4S. The number of aryl methyl sites for hydroxylation is 1. The average molecular weight is 487 g/mol.